The minimum absolute atomic E-state index is 0.0995. The van der Waals surface area contributed by atoms with Crippen LogP contribution in [0.3, 0.4) is 0 Å². The van der Waals surface area contributed by atoms with E-state index in [1.807, 2.05) is 30.3 Å². The fraction of sp³-hybridized carbons (Fsp3) is 0.389. The van der Waals surface area contributed by atoms with Gasteiger partial charge in [0.15, 0.2) is 0 Å². The van der Waals surface area contributed by atoms with Gasteiger partial charge in [0.05, 0.1) is 25.3 Å². The van der Waals surface area contributed by atoms with Crippen molar-refractivity contribution in [3.05, 3.63) is 47.2 Å². The highest BCUT2D eigenvalue weighted by atomic mass is 16.5. The van der Waals surface area contributed by atoms with Crippen LogP contribution in [0, 0.1) is 0 Å². The average molecular weight is 346 g/mol. The van der Waals surface area contributed by atoms with E-state index < -0.39 is 11.9 Å². The number of carbonyl (C=O) groups is 3. The number of rotatable bonds is 8. The van der Waals surface area contributed by atoms with E-state index in [1.165, 1.54) is 4.90 Å². The highest BCUT2D eigenvalue weighted by Gasteiger charge is 2.35. The Hall–Kier alpha value is -2.83. The third-order valence-corrected chi connectivity index (χ3v) is 3.60. The molecule has 1 aliphatic rings. The van der Waals surface area contributed by atoms with Crippen LogP contribution in [-0.4, -0.2) is 49.0 Å². The van der Waals surface area contributed by atoms with Crippen molar-refractivity contribution in [3.8, 4) is 0 Å². The summed E-state index contributed by atoms with van der Waals surface area (Å²) in [6, 6.07) is 9.47. The second-order valence-electron chi connectivity index (χ2n) is 5.38. The van der Waals surface area contributed by atoms with Gasteiger partial charge in [-0.1, -0.05) is 30.3 Å². The lowest BCUT2D eigenvalue weighted by molar-refractivity contribution is -0.142. The topological polar surface area (TPSA) is 84.9 Å². The van der Waals surface area contributed by atoms with Gasteiger partial charge >= 0.3 is 11.9 Å². The third-order valence-electron chi connectivity index (χ3n) is 3.60. The van der Waals surface area contributed by atoms with Crippen LogP contribution in [0.1, 0.15) is 19.4 Å². The van der Waals surface area contributed by atoms with Crippen molar-refractivity contribution in [2.45, 2.75) is 20.4 Å². The van der Waals surface area contributed by atoms with Crippen molar-refractivity contribution >= 4 is 17.8 Å². The molecule has 1 heterocycles. The molecule has 0 atom stereocenters. The largest absolute Gasteiger partial charge is 0.465 e. The van der Waals surface area contributed by atoms with E-state index in [4.69, 9.17) is 9.47 Å². The summed E-state index contributed by atoms with van der Waals surface area (Å²) in [4.78, 5) is 37.9. The van der Waals surface area contributed by atoms with Gasteiger partial charge in [-0.2, -0.15) is 0 Å². The van der Waals surface area contributed by atoms with Gasteiger partial charge in [-0.3, -0.25) is 9.59 Å². The van der Waals surface area contributed by atoms with Crippen molar-refractivity contribution in [1.29, 1.82) is 0 Å². The van der Waals surface area contributed by atoms with Crippen LogP contribution in [0.15, 0.2) is 41.6 Å². The van der Waals surface area contributed by atoms with E-state index in [-0.39, 0.29) is 43.5 Å². The SMILES string of the molecule is CCOC(=O)CNC1=C(C(=O)OCC)CN(Cc2ccccc2)C1=O. The first-order valence-corrected chi connectivity index (χ1v) is 8.19. The molecule has 0 saturated carbocycles. The van der Waals surface area contributed by atoms with E-state index in [1.54, 1.807) is 13.8 Å². The van der Waals surface area contributed by atoms with Crippen LogP contribution in [0.25, 0.3) is 0 Å². The Kier molecular flexibility index (Phi) is 6.56. The summed E-state index contributed by atoms with van der Waals surface area (Å²) in [5, 5.41) is 2.73. The van der Waals surface area contributed by atoms with Crippen molar-refractivity contribution < 1.29 is 23.9 Å². The zero-order valence-electron chi connectivity index (χ0n) is 14.4. The summed E-state index contributed by atoms with van der Waals surface area (Å²) in [6.45, 7) is 4.17. The molecule has 1 aromatic rings. The predicted octanol–water partition coefficient (Wildman–Crippen LogP) is 0.999. The lowest BCUT2D eigenvalue weighted by Gasteiger charge is -2.17. The molecule has 1 amide bonds. The molecule has 0 unspecified atom stereocenters. The van der Waals surface area contributed by atoms with Crippen LogP contribution in [0.5, 0.6) is 0 Å². The maximum Gasteiger partial charge on any atom is 0.338 e. The lowest BCUT2D eigenvalue weighted by Crippen LogP contribution is -2.32. The Balaban J connectivity index is 2.13. The molecule has 134 valence electrons. The summed E-state index contributed by atoms with van der Waals surface area (Å²) < 4.78 is 9.86. The second-order valence-corrected chi connectivity index (χ2v) is 5.38. The van der Waals surface area contributed by atoms with Gasteiger partial charge < -0.3 is 19.7 Å². The quantitative estimate of drug-likeness (QED) is 0.707. The van der Waals surface area contributed by atoms with Gasteiger partial charge in [0.2, 0.25) is 0 Å². The zero-order chi connectivity index (χ0) is 18.2. The van der Waals surface area contributed by atoms with Crippen molar-refractivity contribution in [3.63, 3.8) is 0 Å². The normalized spacial score (nSPS) is 13.8. The highest BCUT2D eigenvalue weighted by molar-refractivity contribution is 6.06. The van der Waals surface area contributed by atoms with Gasteiger partial charge in [-0.25, -0.2) is 4.79 Å². The molecule has 0 bridgehead atoms. The number of esters is 2. The monoisotopic (exact) mass is 346 g/mol. The minimum Gasteiger partial charge on any atom is -0.465 e. The smallest absolute Gasteiger partial charge is 0.338 e. The summed E-state index contributed by atoms with van der Waals surface area (Å²) >= 11 is 0. The molecule has 0 aliphatic carbocycles. The molecule has 0 radical (unpaired) electrons. The molecule has 0 fully saturated rings. The molecule has 0 spiro atoms. The molecule has 0 saturated heterocycles. The first-order valence-electron chi connectivity index (χ1n) is 8.19. The molecule has 1 aliphatic heterocycles. The van der Waals surface area contributed by atoms with Gasteiger partial charge in [-0.05, 0) is 19.4 Å². The van der Waals surface area contributed by atoms with Gasteiger partial charge in [-0.15, -0.1) is 0 Å². The maximum absolute atomic E-state index is 12.6. The Morgan fingerprint density at radius 2 is 1.80 bits per heavy atom. The first-order chi connectivity index (χ1) is 12.1. The second kappa shape index (κ2) is 8.86. The third kappa shape index (κ3) is 4.82. The lowest BCUT2D eigenvalue weighted by atomic mass is 10.2. The van der Waals surface area contributed by atoms with E-state index in [0.29, 0.717) is 6.54 Å². The van der Waals surface area contributed by atoms with Crippen LogP contribution in [0.4, 0.5) is 0 Å². The zero-order valence-corrected chi connectivity index (χ0v) is 14.4. The molecule has 1 aromatic carbocycles. The van der Waals surface area contributed by atoms with E-state index >= 15 is 0 Å². The Morgan fingerprint density at radius 3 is 2.44 bits per heavy atom. The maximum atomic E-state index is 12.6. The van der Waals surface area contributed by atoms with Gasteiger partial charge in [0.25, 0.3) is 5.91 Å². The van der Waals surface area contributed by atoms with Gasteiger partial charge in [0.1, 0.15) is 12.2 Å². The number of benzene rings is 1. The molecular formula is C18H22N2O5. The minimum atomic E-state index is -0.558. The van der Waals surface area contributed by atoms with Crippen LogP contribution in [0.2, 0.25) is 0 Å². The number of hydrogen-bond acceptors (Lipinski definition) is 6. The summed E-state index contributed by atoms with van der Waals surface area (Å²) in [7, 11) is 0. The molecule has 0 aromatic heterocycles. The number of hydrogen-bond donors (Lipinski definition) is 1. The fourth-order valence-corrected chi connectivity index (χ4v) is 2.50. The molecular weight excluding hydrogens is 324 g/mol. The average Bonchev–Trinajstić information content (AvgIpc) is 2.91. The highest BCUT2D eigenvalue weighted by Crippen LogP contribution is 2.21. The molecule has 2 rings (SSSR count). The van der Waals surface area contributed by atoms with Crippen LogP contribution < -0.4 is 5.32 Å². The first kappa shape index (κ1) is 18.5. The van der Waals surface area contributed by atoms with Crippen molar-refractivity contribution in [2.75, 3.05) is 26.3 Å². The van der Waals surface area contributed by atoms with Crippen molar-refractivity contribution in [1.82, 2.24) is 10.2 Å². The Morgan fingerprint density at radius 1 is 1.12 bits per heavy atom. The Labute approximate surface area is 146 Å². The van der Waals surface area contributed by atoms with E-state index in [0.717, 1.165) is 5.56 Å². The number of nitrogens with one attached hydrogen (secondary N) is 1. The number of ether oxygens (including phenoxy) is 2. The number of amides is 1. The summed E-state index contributed by atoms with van der Waals surface area (Å²) in [6.07, 6.45) is 0. The number of carbonyl (C=O) groups excluding carboxylic acids is 3. The Bertz CT molecular complexity index is 669. The molecule has 7 nitrogen and oxygen atoms in total. The standard InChI is InChI=1S/C18H22N2O5/c1-3-24-15(21)10-19-16-14(18(23)25-4-2)12-20(17(16)22)11-13-8-6-5-7-9-13/h5-9,19H,3-4,10-12H2,1-2H3. The molecule has 7 heteroatoms. The van der Waals surface area contributed by atoms with Crippen molar-refractivity contribution in [2.24, 2.45) is 0 Å². The fourth-order valence-electron chi connectivity index (χ4n) is 2.50. The predicted molar refractivity (Wildman–Crippen MR) is 90.2 cm³/mol. The summed E-state index contributed by atoms with van der Waals surface area (Å²) in [5.74, 6) is -1.39. The summed E-state index contributed by atoms with van der Waals surface area (Å²) in [5.41, 5.74) is 1.28. The molecule has 25 heavy (non-hydrogen) atoms. The van der Waals surface area contributed by atoms with E-state index in [9.17, 15) is 14.4 Å². The van der Waals surface area contributed by atoms with Gasteiger partial charge in [0, 0.05) is 6.54 Å². The van der Waals surface area contributed by atoms with Crippen LogP contribution >= 0.6 is 0 Å². The molecule has 1 N–H and O–H groups in total. The van der Waals surface area contributed by atoms with E-state index in [2.05, 4.69) is 5.32 Å². The van der Waals surface area contributed by atoms with Crippen LogP contribution in [-0.2, 0) is 30.4 Å². The number of nitrogens with zero attached hydrogens (tertiary/aromatic N) is 1.